The van der Waals surface area contributed by atoms with Crippen molar-refractivity contribution in [2.45, 2.75) is 31.1 Å². The summed E-state index contributed by atoms with van der Waals surface area (Å²) >= 11 is 0. The van der Waals surface area contributed by atoms with Crippen molar-refractivity contribution in [1.29, 1.82) is 0 Å². The first-order chi connectivity index (χ1) is 16.3. The van der Waals surface area contributed by atoms with Crippen LogP contribution in [0.1, 0.15) is 24.8 Å². The molecule has 0 aliphatic carbocycles. The molecule has 2 aromatic rings. The van der Waals surface area contributed by atoms with Crippen LogP contribution in [0, 0.1) is 18.8 Å². The molecule has 2 amide bonds. The fourth-order valence-electron chi connectivity index (χ4n) is 4.62. The van der Waals surface area contributed by atoms with E-state index in [-0.39, 0.29) is 35.6 Å². The zero-order chi connectivity index (χ0) is 24.3. The Labute approximate surface area is 200 Å². The molecule has 0 saturated carbocycles. The maximum absolute atomic E-state index is 13.2. The predicted molar refractivity (Wildman–Crippen MR) is 129 cm³/mol. The second-order valence-corrected chi connectivity index (χ2v) is 10.8. The van der Waals surface area contributed by atoms with E-state index >= 15 is 0 Å². The topological polar surface area (TPSA) is 96.0 Å². The molecule has 2 fully saturated rings. The largest absolute Gasteiger partial charge is 0.497 e. The van der Waals surface area contributed by atoms with Gasteiger partial charge in [-0.05, 0) is 49.9 Å². The van der Waals surface area contributed by atoms with Crippen molar-refractivity contribution in [2.24, 2.45) is 11.8 Å². The fourth-order valence-corrected chi connectivity index (χ4v) is 5.74. The fraction of sp³-hybridized carbons (Fsp3) is 0.440. The van der Waals surface area contributed by atoms with Gasteiger partial charge in [-0.1, -0.05) is 23.8 Å². The molecular formula is C25H31N3O5S. The Bertz CT molecular complexity index is 1150. The summed E-state index contributed by atoms with van der Waals surface area (Å²) in [6.07, 6.45) is 1.83. The minimum absolute atomic E-state index is 0.0320. The first-order valence-corrected chi connectivity index (χ1v) is 13.0. The van der Waals surface area contributed by atoms with E-state index in [1.807, 2.05) is 25.1 Å². The van der Waals surface area contributed by atoms with Gasteiger partial charge < -0.3 is 14.5 Å². The van der Waals surface area contributed by atoms with E-state index in [0.29, 0.717) is 25.4 Å². The monoisotopic (exact) mass is 485 g/mol. The number of aryl methyl sites for hydroxylation is 1. The second-order valence-electron chi connectivity index (χ2n) is 9.06. The van der Waals surface area contributed by atoms with Crippen molar-refractivity contribution in [1.82, 2.24) is 9.62 Å². The highest BCUT2D eigenvalue weighted by molar-refractivity contribution is 7.89. The molecule has 0 bridgehead atoms. The molecule has 0 aromatic heterocycles. The van der Waals surface area contributed by atoms with Gasteiger partial charge in [-0.25, -0.2) is 13.1 Å². The molecular weight excluding hydrogens is 454 g/mol. The Morgan fingerprint density at radius 1 is 1.15 bits per heavy atom. The number of hydrogen-bond donors (Lipinski definition) is 1. The van der Waals surface area contributed by atoms with Gasteiger partial charge in [0.1, 0.15) is 5.75 Å². The maximum Gasteiger partial charge on any atom is 0.240 e. The molecule has 2 atom stereocenters. The summed E-state index contributed by atoms with van der Waals surface area (Å²) in [7, 11) is -2.02. The number of methoxy groups -OCH3 is 1. The van der Waals surface area contributed by atoms with Crippen molar-refractivity contribution in [3.05, 3.63) is 54.1 Å². The smallest absolute Gasteiger partial charge is 0.240 e. The quantitative estimate of drug-likeness (QED) is 0.650. The van der Waals surface area contributed by atoms with E-state index in [1.165, 1.54) is 0 Å². The number of likely N-dealkylation sites (tertiary alicyclic amines) is 1. The summed E-state index contributed by atoms with van der Waals surface area (Å²) < 4.78 is 33.2. The Morgan fingerprint density at radius 2 is 1.91 bits per heavy atom. The molecule has 2 aliphatic rings. The molecule has 2 unspecified atom stereocenters. The number of carbonyl (C=O) groups is 2. The number of sulfonamides is 1. The number of amides is 2. The van der Waals surface area contributed by atoms with Gasteiger partial charge in [-0.2, -0.15) is 0 Å². The van der Waals surface area contributed by atoms with Crippen LogP contribution in [0.15, 0.2) is 53.4 Å². The number of hydrogen-bond acceptors (Lipinski definition) is 5. The van der Waals surface area contributed by atoms with Crippen LogP contribution in [-0.4, -0.2) is 58.4 Å². The SMILES string of the molecule is COc1cccc(N2CC(C(=O)N3CCCC(CNS(=O)(=O)c4ccc(C)cc4)C3)CC2=O)c1. The number of nitrogens with zero attached hydrogens (tertiary/aromatic N) is 2. The van der Waals surface area contributed by atoms with Crippen molar-refractivity contribution in [3.8, 4) is 5.75 Å². The van der Waals surface area contributed by atoms with E-state index < -0.39 is 15.9 Å². The highest BCUT2D eigenvalue weighted by Gasteiger charge is 2.38. The van der Waals surface area contributed by atoms with E-state index in [1.54, 1.807) is 47.2 Å². The molecule has 9 heteroatoms. The maximum atomic E-state index is 13.2. The molecule has 2 aromatic carbocycles. The lowest BCUT2D eigenvalue weighted by molar-refractivity contribution is -0.137. The van der Waals surface area contributed by atoms with Crippen molar-refractivity contribution in [3.63, 3.8) is 0 Å². The third-order valence-corrected chi connectivity index (χ3v) is 8.00. The zero-order valence-electron chi connectivity index (χ0n) is 19.6. The molecule has 2 aliphatic heterocycles. The Kier molecular flexibility index (Phi) is 7.23. The van der Waals surface area contributed by atoms with E-state index in [2.05, 4.69) is 4.72 Å². The number of piperidine rings is 1. The van der Waals surface area contributed by atoms with Gasteiger partial charge in [0.15, 0.2) is 0 Å². The molecule has 182 valence electrons. The Morgan fingerprint density at radius 3 is 2.65 bits per heavy atom. The highest BCUT2D eigenvalue weighted by Crippen LogP contribution is 2.30. The molecule has 0 radical (unpaired) electrons. The van der Waals surface area contributed by atoms with Crippen molar-refractivity contribution < 1.29 is 22.7 Å². The van der Waals surface area contributed by atoms with Crippen molar-refractivity contribution >= 4 is 27.5 Å². The molecule has 4 rings (SSSR count). The summed E-state index contributed by atoms with van der Waals surface area (Å²) in [4.78, 5) is 29.5. The lowest BCUT2D eigenvalue weighted by Crippen LogP contribution is -2.46. The average molecular weight is 486 g/mol. The van der Waals surface area contributed by atoms with E-state index in [0.717, 1.165) is 24.1 Å². The van der Waals surface area contributed by atoms with E-state index in [9.17, 15) is 18.0 Å². The standard InChI is InChI=1S/C25H31N3O5S/c1-18-8-10-23(11-9-18)34(31,32)26-15-19-5-4-12-27(16-19)25(30)20-13-24(29)28(17-20)21-6-3-7-22(14-21)33-2/h3,6-11,14,19-20,26H,4-5,12-13,15-17H2,1-2H3. The van der Waals surface area contributed by atoms with Crippen LogP contribution in [0.4, 0.5) is 5.69 Å². The minimum Gasteiger partial charge on any atom is -0.497 e. The first kappa shape index (κ1) is 24.2. The lowest BCUT2D eigenvalue weighted by atomic mass is 9.96. The van der Waals surface area contributed by atoms with Gasteiger partial charge in [0.2, 0.25) is 21.8 Å². The first-order valence-electron chi connectivity index (χ1n) is 11.6. The van der Waals surface area contributed by atoms with Crippen LogP contribution < -0.4 is 14.4 Å². The normalized spacial score (nSPS) is 21.1. The zero-order valence-corrected chi connectivity index (χ0v) is 20.4. The molecule has 34 heavy (non-hydrogen) atoms. The van der Waals surface area contributed by atoms with Gasteiger partial charge in [-0.15, -0.1) is 0 Å². The summed E-state index contributed by atoms with van der Waals surface area (Å²) in [6, 6.07) is 14.0. The summed E-state index contributed by atoms with van der Waals surface area (Å²) in [5.41, 5.74) is 1.72. The van der Waals surface area contributed by atoms with Crippen LogP contribution in [0.25, 0.3) is 0 Å². The van der Waals surface area contributed by atoms with Crippen LogP contribution in [0.5, 0.6) is 5.75 Å². The van der Waals surface area contributed by atoms with Crippen LogP contribution in [0.2, 0.25) is 0 Å². The van der Waals surface area contributed by atoms with Gasteiger partial charge in [0.25, 0.3) is 0 Å². The predicted octanol–water partition coefficient (Wildman–Crippen LogP) is 2.57. The molecule has 2 heterocycles. The van der Waals surface area contributed by atoms with Crippen LogP contribution in [0.3, 0.4) is 0 Å². The number of nitrogens with one attached hydrogen (secondary N) is 1. The minimum atomic E-state index is -3.60. The molecule has 1 N–H and O–H groups in total. The van der Waals surface area contributed by atoms with Crippen LogP contribution in [-0.2, 0) is 19.6 Å². The highest BCUT2D eigenvalue weighted by atomic mass is 32.2. The average Bonchev–Trinajstić information content (AvgIpc) is 3.24. The third kappa shape index (κ3) is 5.42. The molecule has 2 saturated heterocycles. The second kappa shape index (κ2) is 10.1. The van der Waals surface area contributed by atoms with Crippen LogP contribution >= 0.6 is 0 Å². The number of rotatable bonds is 7. The van der Waals surface area contributed by atoms with Gasteiger partial charge in [-0.3, -0.25) is 9.59 Å². The summed E-state index contributed by atoms with van der Waals surface area (Å²) in [5, 5.41) is 0. The molecule has 0 spiro atoms. The van der Waals surface area contributed by atoms with Gasteiger partial charge >= 0.3 is 0 Å². The van der Waals surface area contributed by atoms with Gasteiger partial charge in [0, 0.05) is 44.4 Å². The number of ether oxygens (including phenoxy) is 1. The van der Waals surface area contributed by atoms with E-state index in [4.69, 9.17) is 4.74 Å². The van der Waals surface area contributed by atoms with Crippen molar-refractivity contribution in [2.75, 3.05) is 38.2 Å². The number of carbonyl (C=O) groups excluding carboxylic acids is 2. The number of anilines is 1. The number of benzene rings is 2. The van der Waals surface area contributed by atoms with Gasteiger partial charge in [0.05, 0.1) is 17.9 Å². The Hall–Kier alpha value is -2.91. The molecule has 8 nitrogen and oxygen atoms in total. The summed E-state index contributed by atoms with van der Waals surface area (Å²) in [6.45, 7) is 3.64. The third-order valence-electron chi connectivity index (χ3n) is 6.56. The Balaban J connectivity index is 1.35. The lowest BCUT2D eigenvalue weighted by Gasteiger charge is -2.34. The summed E-state index contributed by atoms with van der Waals surface area (Å²) in [5.74, 6) is 0.175.